The van der Waals surface area contributed by atoms with E-state index in [0.717, 1.165) is 66.3 Å². The van der Waals surface area contributed by atoms with E-state index in [2.05, 4.69) is 29.0 Å². The summed E-state index contributed by atoms with van der Waals surface area (Å²) in [5.74, 6) is 0.869. The molecule has 1 unspecified atom stereocenters. The predicted octanol–water partition coefficient (Wildman–Crippen LogP) is 4.04. The zero-order valence-corrected chi connectivity index (χ0v) is 18.2. The number of nitrogens with zero attached hydrogens (tertiary/aromatic N) is 2. The Bertz CT molecular complexity index is 1130. The van der Waals surface area contributed by atoms with Crippen LogP contribution < -0.4 is 4.74 Å². The molecule has 2 aliphatic heterocycles. The number of ketones is 1. The molecule has 0 bridgehead atoms. The summed E-state index contributed by atoms with van der Waals surface area (Å²) in [7, 11) is 0. The Balaban J connectivity index is 1.62. The van der Waals surface area contributed by atoms with Gasteiger partial charge in [-0.15, -0.1) is 12.6 Å². The summed E-state index contributed by atoms with van der Waals surface area (Å²) in [6.45, 7) is 8.96. The predicted molar refractivity (Wildman–Crippen MR) is 120 cm³/mol. The zero-order valence-electron chi connectivity index (χ0n) is 17.4. The van der Waals surface area contributed by atoms with Crippen LogP contribution >= 0.6 is 12.6 Å². The third-order valence-corrected chi connectivity index (χ3v) is 6.60. The second-order valence-corrected chi connectivity index (χ2v) is 8.69. The van der Waals surface area contributed by atoms with E-state index in [0.29, 0.717) is 17.1 Å². The van der Waals surface area contributed by atoms with Gasteiger partial charge in [0.25, 0.3) is 0 Å². The molecule has 1 aromatic heterocycles. The van der Waals surface area contributed by atoms with Crippen LogP contribution in [-0.4, -0.2) is 54.7 Å². The maximum absolute atomic E-state index is 13.6. The maximum Gasteiger partial charge on any atom is 0.196 e. The van der Waals surface area contributed by atoms with Crippen molar-refractivity contribution in [1.29, 1.82) is 0 Å². The number of benzene rings is 2. The lowest BCUT2D eigenvalue weighted by molar-refractivity contribution is 0.0272. The number of carbonyl (C=O) groups excluding carboxylic acids is 1. The molecule has 2 aromatic carbocycles. The summed E-state index contributed by atoms with van der Waals surface area (Å²) < 4.78 is 14.0. The zero-order chi connectivity index (χ0) is 20.8. The largest absolute Gasteiger partial charge is 0.489 e. The lowest BCUT2D eigenvalue weighted by Crippen LogP contribution is -2.42. The Morgan fingerprint density at radius 1 is 1.17 bits per heavy atom. The van der Waals surface area contributed by atoms with Crippen LogP contribution in [0.15, 0.2) is 41.3 Å². The number of para-hydroxylation sites is 1. The molecule has 3 heterocycles. The third-order valence-electron chi connectivity index (χ3n) is 6.23. The number of hydrogen-bond donors (Lipinski definition) is 1. The van der Waals surface area contributed by atoms with E-state index in [1.165, 1.54) is 0 Å². The molecule has 1 saturated heterocycles. The van der Waals surface area contributed by atoms with Gasteiger partial charge in [0, 0.05) is 41.2 Å². The highest BCUT2D eigenvalue weighted by Crippen LogP contribution is 2.40. The quantitative estimate of drug-likeness (QED) is 0.509. The smallest absolute Gasteiger partial charge is 0.196 e. The van der Waals surface area contributed by atoms with Crippen LogP contribution in [0.5, 0.6) is 5.75 Å². The van der Waals surface area contributed by atoms with Crippen molar-refractivity contribution in [3.05, 3.63) is 58.8 Å². The van der Waals surface area contributed by atoms with Gasteiger partial charge in [-0.3, -0.25) is 9.69 Å². The van der Waals surface area contributed by atoms with Gasteiger partial charge in [0.15, 0.2) is 5.78 Å². The van der Waals surface area contributed by atoms with E-state index < -0.39 is 0 Å². The minimum atomic E-state index is 0.0189. The second kappa shape index (κ2) is 7.76. The van der Waals surface area contributed by atoms with E-state index in [1.807, 2.05) is 43.3 Å². The van der Waals surface area contributed by atoms with Crippen LogP contribution in [-0.2, 0) is 4.74 Å². The average Bonchev–Trinajstić information content (AvgIpc) is 3.04. The topological polar surface area (TPSA) is 43.7 Å². The highest BCUT2D eigenvalue weighted by atomic mass is 32.1. The van der Waals surface area contributed by atoms with Gasteiger partial charge in [0.05, 0.1) is 30.3 Å². The van der Waals surface area contributed by atoms with Gasteiger partial charge in [-0.2, -0.15) is 0 Å². The van der Waals surface area contributed by atoms with E-state index in [4.69, 9.17) is 9.47 Å². The van der Waals surface area contributed by atoms with Gasteiger partial charge < -0.3 is 14.0 Å². The van der Waals surface area contributed by atoms with E-state index in [9.17, 15) is 4.79 Å². The molecule has 156 valence electrons. The number of thiol groups is 1. The highest BCUT2D eigenvalue weighted by molar-refractivity contribution is 7.80. The summed E-state index contributed by atoms with van der Waals surface area (Å²) in [5, 5.41) is 0.954. The van der Waals surface area contributed by atoms with Gasteiger partial charge >= 0.3 is 0 Å². The van der Waals surface area contributed by atoms with Gasteiger partial charge in [-0.1, -0.05) is 18.2 Å². The molecule has 0 spiro atoms. The molecular weight excluding hydrogens is 396 g/mol. The molecule has 0 saturated carbocycles. The van der Waals surface area contributed by atoms with Crippen LogP contribution in [0.3, 0.4) is 0 Å². The Morgan fingerprint density at radius 2 is 1.97 bits per heavy atom. The summed E-state index contributed by atoms with van der Waals surface area (Å²) in [6.07, 6.45) is 0. The van der Waals surface area contributed by atoms with Gasteiger partial charge in [-0.25, -0.2) is 0 Å². The third kappa shape index (κ3) is 3.23. The Hall–Kier alpha value is -2.28. The number of rotatable bonds is 4. The van der Waals surface area contributed by atoms with Crippen molar-refractivity contribution in [2.75, 3.05) is 39.5 Å². The minimum Gasteiger partial charge on any atom is -0.489 e. The van der Waals surface area contributed by atoms with Crippen molar-refractivity contribution < 1.29 is 14.3 Å². The minimum absolute atomic E-state index is 0.0189. The van der Waals surface area contributed by atoms with Gasteiger partial charge in [0.2, 0.25) is 0 Å². The molecule has 1 atom stereocenters. The lowest BCUT2D eigenvalue weighted by atomic mass is 9.99. The molecule has 3 aromatic rings. The summed E-state index contributed by atoms with van der Waals surface area (Å²) in [5.41, 5.74) is 4.51. The van der Waals surface area contributed by atoms with Crippen LogP contribution in [0.1, 0.15) is 33.2 Å². The molecule has 6 heteroatoms. The highest BCUT2D eigenvalue weighted by Gasteiger charge is 2.31. The fourth-order valence-corrected chi connectivity index (χ4v) is 5.14. The van der Waals surface area contributed by atoms with Crippen LogP contribution in [0.2, 0.25) is 0 Å². The normalized spacial score (nSPS) is 19.1. The average molecular weight is 423 g/mol. The van der Waals surface area contributed by atoms with Crippen LogP contribution in [0, 0.1) is 13.8 Å². The molecular formula is C24H26N2O3S. The number of ether oxygens (including phenoxy) is 2. The van der Waals surface area contributed by atoms with E-state index in [1.54, 1.807) is 0 Å². The van der Waals surface area contributed by atoms with E-state index in [-0.39, 0.29) is 11.8 Å². The van der Waals surface area contributed by atoms with Crippen molar-refractivity contribution in [2.45, 2.75) is 24.8 Å². The fraction of sp³-hybridized carbons (Fsp3) is 0.375. The first-order chi connectivity index (χ1) is 14.5. The standard InChI is InChI=1S/C24H26N2O3S/c1-15-6-7-18(21(30)12-15)24(27)22-16(2)26-17(13-25-8-10-28-11-9-25)14-29-20-5-3-4-19(22)23(20)26/h3-7,12,17,30H,8-11,13-14H2,1-2H3. The number of aromatic nitrogens is 1. The molecule has 30 heavy (non-hydrogen) atoms. The first kappa shape index (κ1) is 19.7. The molecule has 0 radical (unpaired) electrons. The van der Waals surface area contributed by atoms with Crippen LogP contribution in [0.4, 0.5) is 0 Å². The maximum atomic E-state index is 13.6. The Morgan fingerprint density at radius 3 is 2.73 bits per heavy atom. The van der Waals surface area contributed by atoms with Crippen LogP contribution in [0.25, 0.3) is 10.9 Å². The van der Waals surface area contributed by atoms with Crippen molar-refractivity contribution in [2.24, 2.45) is 0 Å². The first-order valence-corrected chi connectivity index (χ1v) is 10.9. The van der Waals surface area contributed by atoms with Gasteiger partial charge in [-0.05, 0) is 37.6 Å². The molecule has 0 aliphatic carbocycles. The SMILES string of the molecule is Cc1ccc(C(=O)c2c(C)n3c4c(cccc24)OCC3CN2CCOCC2)c(S)c1. The number of morpholine rings is 1. The van der Waals surface area contributed by atoms with Gasteiger partial charge in [0.1, 0.15) is 12.4 Å². The number of aryl methyl sites for hydroxylation is 1. The molecule has 2 aliphatic rings. The second-order valence-electron chi connectivity index (χ2n) is 8.21. The molecule has 0 N–H and O–H groups in total. The van der Waals surface area contributed by atoms with Crippen molar-refractivity contribution in [1.82, 2.24) is 9.47 Å². The Kier molecular flexibility index (Phi) is 5.09. The first-order valence-electron chi connectivity index (χ1n) is 10.5. The molecule has 5 rings (SSSR count). The fourth-order valence-electron chi connectivity index (χ4n) is 4.76. The number of carbonyl (C=O) groups is 1. The summed E-state index contributed by atoms with van der Waals surface area (Å²) in [6, 6.07) is 11.9. The number of hydrogen-bond acceptors (Lipinski definition) is 5. The van der Waals surface area contributed by atoms with Crippen molar-refractivity contribution in [3.63, 3.8) is 0 Å². The molecule has 5 nitrogen and oxygen atoms in total. The molecule has 1 fully saturated rings. The Labute approximate surface area is 182 Å². The summed E-state index contributed by atoms with van der Waals surface area (Å²) >= 11 is 4.58. The lowest BCUT2D eigenvalue weighted by Gasteiger charge is -2.34. The monoisotopic (exact) mass is 422 g/mol. The van der Waals surface area contributed by atoms with Crippen molar-refractivity contribution >= 4 is 29.3 Å². The van der Waals surface area contributed by atoms with Crippen molar-refractivity contribution in [3.8, 4) is 5.75 Å². The summed E-state index contributed by atoms with van der Waals surface area (Å²) in [4.78, 5) is 16.8. The van der Waals surface area contributed by atoms with E-state index >= 15 is 0 Å². The molecule has 0 amide bonds.